The highest BCUT2D eigenvalue weighted by molar-refractivity contribution is 5.74. The number of aliphatic hydroxyl groups excluding tert-OH is 1. The van der Waals surface area contributed by atoms with Crippen LogP contribution in [0.3, 0.4) is 0 Å². The standard InChI is InChI=1S/C8H16N2O2/c1-3-9(2)8(12)10-5-4-7(11)6-10/h7,11H,3-6H2,1-2H3. The van der Waals surface area contributed by atoms with Gasteiger partial charge in [-0.15, -0.1) is 0 Å². The van der Waals surface area contributed by atoms with Crippen LogP contribution in [0.4, 0.5) is 4.79 Å². The summed E-state index contributed by atoms with van der Waals surface area (Å²) in [6.45, 7) is 3.82. The highest BCUT2D eigenvalue weighted by Gasteiger charge is 2.25. The Kier molecular flexibility index (Phi) is 2.92. The first kappa shape index (κ1) is 9.32. The summed E-state index contributed by atoms with van der Waals surface area (Å²) in [5.74, 6) is 0. The molecule has 1 rings (SSSR count). The average Bonchev–Trinajstić information content (AvgIpc) is 2.49. The Morgan fingerprint density at radius 1 is 1.75 bits per heavy atom. The van der Waals surface area contributed by atoms with Gasteiger partial charge in [-0.3, -0.25) is 0 Å². The molecule has 1 atom stereocenters. The van der Waals surface area contributed by atoms with Crippen molar-refractivity contribution in [3.05, 3.63) is 0 Å². The molecule has 1 fully saturated rings. The second-order valence-corrected chi connectivity index (χ2v) is 3.19. The van der Waals surface area contributed by atoms with Gasteiger partial charge in [-0.25, -0.2) is 4.79 Å². The van der Waals surface area contributed by atoms with Crippen LogP contribution in [0.2, 0.25) is 0 Å². The first-order chi connectivity index (χ1) is 5.65. The van der Waals surface area contributed by atoms with Gasteiger partial charge in [0, 0.05) is 26.7 Å². The minimum absolute atomic E-state index is 0.0223. The van der Waals surface area contributed by atoms with Crippen molar-refractivity contribution in [1.29, 1.82) is 0 Å². The topological polar surface area (TPSA) is 43.8 Å². The van der Waals surface area contributed by atoms with Crippen molar-refractivity contribution in [3.8, 4) is 0 Å². The summed E-state index contributed by atoms with van der Waals surface area (Å²) >= 11 is 0. The minimum atomic E-state index is -0.320. The van der Waals surface area contributed by atoms with Crippen LogP contribution in [0.15, 0.2) is 0 Å². The first-order valence-electron chi connectivity index (χ1n) is 4.33. The number of urea groups is 1. The van der Waals surface area contributed by atoms with Gasteiger partial charge in [-0.05, 0) is 13.3 Å². The summed E-state index contributed by atoms with van der Waals surface area (Å²) < 4.78 is 0. The van der Waals surface area contributed by atoms with E-state index in [4.69, 9.17) is 0 Å². The van der Waals surface area contributed by atoms with Crippen LogP contribution >= 0.6 is 0 Å². The van der Waals surface area contributed by atoms with E-state index in [1.807, 2.05) is 6.92 Å². The van der Waals surface area contributed by atoms with Crippen LogP contribution < -0.4 is 0 Å². The lowest BCUT2D eigenvalue weighted by atomic mass is 10.3. The summed E-state index contributed by atoms with van der Waals surface area (Å²) in [5, 5.41) is 9.19. The number of β-amino-alcohol motifs (C(OH)–C–C–N with tert-alkyl or cyclic N) is 1. The van der Waals surface area contributed by atoms with Gasteiger partial charge in [0.1, 0.15) is 0 Å². The molecule has 4 nitrogen and oxygen atoms in total. The summed E-state index contributed by atoms with van der Waals surface area (Å²) in [6, 6.07) is 0.0223. The summed E-state index contributed by atoms with van der Waals surface area (Å²) in [4.78, 5) is 14.8. The molecule has 12 heavy (non-hydrogen) atoms. The smallest absolute Gasteiger partial charge is 0.319 e. The molecule has 0 aliphatic carbocycles. The summed E-state index contributed by atoms with van der Waals surface area (Å²) in [7, 11) is 1.77. The van der Waals surface area contributed by atoms with Gasteiger partial charge in [0.2, 0.25) is 0 Å². The van der Waals surface area contributed by atoms with Gasteiger partial charge in [-0.1, -0.05) is 0 Å². The molecule has 1 unspecified atom stereocenters. The van der Waals surface area contributed by atoms with E-state index in [0.29, 0.717) is 26.1 Å². The lowest BCUT2D eigenvalue weighted by molar-refractivity contribution is 0.154. The molecule has 1 saturated heterocycles. The fourth-order valence-electron chi connectivity index (χ4n) is 1.29. The van der Waals surface area contributed by atoms with Gasteiger partial charge < -0.3 is 14.9 Å². The third kappa shape index (κ3) is 1.88. The highest BCUT2D eigenvalue weighted by Crippen LogP contribution is 2.10. The number of aliphatic hydroxyl groups is 1. The van der Waals surface area contributed by atoms with E-state index < -0.39 is 0 Å². The predicted molar refractivity (Wildman–Crippen MR) is 45.9 cm³/mol. The van der Waals surface area contributed by atoms with E-state index in [9.17, 15) is 9.90 Å². The minimum Gasteiger partial charge on any atom is -0.391 e. The van der Waals surface area contributed by atoms with E-state index in [1.165, 1.54) is 0 Å². The molecule has 70 valence electrons. The first-order valence-corrected chi connectivity index (χ1v) is 4.33. The van der Waals surface area contributed by atoms with Crippen LogP contribution in [0.1, 0.15) is 13.3 Å². The maximum absolute atomic E-state index is 11.5. The number of hydrogen-bond donors (Lipinski definition) is 1. The second kappa shape index (κ2) is 3.76. The van der Waals surface area contributed by atoms with Gasteiger partial charge in [-0.2, -0.15) is 0 Å². The van der Waals surface area contributed by atoms with E-state index in [-0.39, 0.29) is 12.1 Å². The van der Waals surface area contributed by atoms with Crippen molar-refractivity contribution in [2.45, 2.75) is 19.4 Å². The molecule has 0 aromatic rings. The average molecular weight is 172 g/mol. The van der Waals surface area contributed by atoms with Crippen LogP contribution in [0.5, 0.6) is 0 Å². The van der Waals surface area contributed by atoms with Crippen LogP contribution in [-0.2, 0) is 0 Å². The Bertz CT molecular complexity index is 172. The molecule has 0 spiro atoms. The Labute approximate surface area is 72.8 Å². The number of amides is 2. The lowest BCUT2D eigenvalue weighted by Gasteiger charge is -2.22. The van der Waals surface area contributed by atoms with Crippen molar-refractivity contribution in [2.75, 3.05) is 26.7 Å². The number of rotatable bonds is 1. The monoisotopic (exact) mass is 172 g/mol. The zero-order chi connectivity index (χ0) is 9.14. The molecule has 0 aromatic heterocycles. The molecule has 1 aliphatic rings. The number of carbonyl (C=O) groups is 1. The summed E-state index contributed by atoms with van der Waals surface area (Å²) in [6.07, 6.45) is 0.391. The molecular formula is C8H16N2O2. The molecule has 1 N–H and O–H groups in total. The number of hydrogen-bond acceptors (Lipinski definition) is 2. The fraction of sp³-hybridized carbons (Fsp3) is 0.875. The second-order valence-electron chi connectivity index (χ2n) is 3.19. The van der Waals surface area contributed by atoms with Crippen LogP contribution in [-0.4, -0.2) is 53.7 Å². The molecule has 0 bridgehead atoms. The lowest BCUT2D eigenvalue weighted by Crippen LogP contribution is -2.40. The van der Waals surface area contributed by atoms with Crippen molar-refractivity contribution >= 4 is 6.03 Å². The Balaban J connectivity index is 2.43. The Morgan fingerprint density at radius 3 is 2.83 bits per heavy atom. The normalized spacial score (nSPS) is 22.9. The fourth-order valence-corrected chi connectivity index (χ4v) is 1.29. The molecule has 0 radical (unpaired) electrons. The van der Waals surface area contributed by atoms with Crippen molar-refractivity contribution in [2.24, 2.45) is 0 Å². The van der Waals surface area contributed by atoms with Gasteiger partial charge in [0.05, 0.1) is 6.10 Å². The molecule has 2 amide bonds. The molecule has 0 saturated carbocycles. The van der Waals surface area contributed by atoms with Crippen LogP contribution in [0.25, 0.3) is 0 Å². The molecule has 0 aromatic carbocycles. The maximum atomic E-state index is 11.5. The SMILES string of the molecule is CCN(C)C(=O)N1CCC(O)C1. The quantitative estimate of drug-likeness (QED) is 0.610. The third-order valence-corrected chi connectivity index (χ3v) is 2.23. The van der Waals surface area contributed by atoms with Crippen molar-refractivity contribution in [1.82, 2.24) is 9.80 Å². The molecule has 1 heterocycles. The van der Waals surface area contributed by atoms with Crippen molar-refractivity contribution in [3.63, 3.8) is 0 Å². The number of likely N-dealkylation sites (tertiary alicyclic amines) is 1. The zero-order valence-corrected chi connectivity index (χ0v) is 7.66. The Morgan fingerprint density at radius 2 is 2.42 bits per heavy atom. The molecule has 4 heteroatoms. The highest BCUT2D eigenvalue weighted by atomic mass is 16.3. The van der Waals surface area contributed by atoms with E-state index in [2.05, 4.69) is 0 Å². The number of nitrogens with zero attached hydrogens (tertiary/aromatic N) is 2. The van der Waals surface area contributed by atoms with Crippen molar-refractivity contribution < 1.29 is 9.90 Å². The van der Waals surface area contributed by atoms with E-state index in [1.54, 1.807) is 16.8 Å². The van der Waals surface area contributed by atoms with Gasteiger partial charge in [0.25, 0.3) is 0 Å². The van der Waals surface area contributed by atoms with Gasteiger partial charge in [0.15, 0.2) is 0 Å². The zero-order valence-electron chi connectivity index (χ0n) is 7.66. The van der Waals surface area contributed by atoms with Crippen LogP contribution in [0, 0.1) is 0 Å². The largest absolute Gasteiger partial charge is 0.391 e. The summed E-state index contributed by atoms with van der Waals surface area (Å²) in [5.41, 5.74) is 0. The third-order valence-electron chi connectivity index (χ3n) is 2.23. The molecular weight excluding hydrogens is 156 g/mol. The Hall–Kier alpha value is -0.770. The number of carbonyl (C=O) groups excluding carboxylic acids is 1. The molecule has 1 aliphatic heterocycles. The maximum Gasteiger partial charge on any atom is 0.319 e. The van der Waals surface area contributed by atoms with Gasteiger partial charge >= 0.3 is 6.03 Å². The van der Waals surface area contributed by atoms with E-state index >= 15 is 0 Å². The predicted octanol–water partition coefficient (Wildman–Crippen LogP) is 0.125. The van der Waals surface area contributed by atoms with E-state index in [0.717, 1.165) is 0 Å².